The number of allylic oxidation sites excluding steroid dienone is 2. The van der Waals surface area contributed by atoms with E-state index in [-0.39, 0.29) is 11.7 Å². The highest BCUT2D eigenvalue weighted by Gasteiger charge is 2.40. The Morgan fingerprint density at radius 3 is 2.24 bits per heavy atom. The first-order chi connectivity index (χ1) is 20.5. The van der Waals surface area contributed by atoms with Crippen molar-refractivity contribution in [2.75, 3.05) is 33.8 Å². The van der Waals surface area contributed by atoms with Gasteiger partial charge >= 0.3 is 0 Å². The van der Waals surface area contributed by atoms with E-state index in [4.69, 9.17) is 23.7 Å². The summed E-state index contributed by atoms with van der Waals surface area (Å²) in [5.41, 5.74) is 4.29. The van der Waals surface area contributed by atoms with Gasteiger partial charge in [-0.2, -0.15) is 10.1 Å². The molecule has 6 rings (SSSR count). The normalized spacial score (nSPS) is 17.6. The summed E-state index contributed by atoms with van der Waals surface area (Å²) >= 11 is 0. The Hall–Kier alpha value is -4.99. The second-order valence-electron chi connectivity index (χ2n) is 10.1. The van der Waals surface area contributed by atoms with Crippen LogP contribution in [-0.2, 0) is 11.4 Å². The van der Waals surface area contributed by atoms with Crippen molar-refractivity contribution in [2.24, 2.45) is 0 Å². The largest absolute Gasteiger partial charge is 0.493 e. The Morgan fingerprint density at radius 1 is 0.833 bits per heavy atom. The fourth-order valence-corrected chi connectivity index (χ4v) is 5.74. The number of hydrogen-bond acceptors (Lipinski definition) is 9. The number of hydrogen-bond donors (Lipinski definition) is 1. The summed E-state index contributed by atoms with van der Waals surface area (Å²) < 4.78 is 30.2. The van der Waals surface area contributed by atoms with E-state index < -0.39 is 6.04 Å². The molecule has 2 heterocycles. The van der Waals surface area contributed by atoms with Gasteiger partial charge in [-0.15, -0.1) is 0 Å². The van der Waals surface area contributed by atoms with E-state index in [9.17, 15) is 4.79 Å². The first-order valence-electron chi connectivity index (χ1n) is 13.6. The van der Waals surface area contributed by atoms with Crippen LogP contribution in [-0.4, -0.2) is 49.0 Å². The molecule has 10 heteroatoms. The van der Waals surface area contributed by atoms with E-state index in [1.807, 2.05) is 60.7 Å². The zero-order valence-corrected chi connectivity index (χ0v) is 23.9. The molecule has 4 aromatic rings. The second kappa shape index (κ2) is 11.5. The molecule has 0 fully saturated rings. The number of fused-ring (bicyclic) bond motifs is 1. The number of nitrogens with zero attached hydrogens (tertiary/aromatic N) is 3. The van der Waals surface area contributed by atoms with Gasteiger partial charge in [0.2, 0.25) is 11.7 Å². The number of methoxy groups -OCH3 is 4. The van der Waals surface area contributed by atoms with Crippen molar-refractivity contribution in [3.63, 3.8) is 0 Å². The summed E-state index contributed by atoms with van der Waals surface area (Å²) in [7, 11) is 6.35. The minimum Gasteiger partial charge on any atom is -0.493 e. The van der Waals surface area contributed by atoms with E-state index in [1.54, 1.807) is 33.1 Å². The predicted molar refractivity (Wildman–Crippen MR) is 156 cm³/mol. The third-order valence-electron chi connectivity index (χ3n) is 7.76. The maximum Gasteiger partial charge on any atom is 0.226 e. The molecule has 0 saturated heterocycles. The molecular weight excluding hydrogens is 536 g/mol. The lowest BCUT2D eigenvalue weighted by atomic mass is 9.77. The van der Waals surface area contributed by atoms with Crippen LogP contribution in [0.25, 0.3) is 0 Å². The van der Waals surface area contributed by atoms with Crippen molar-refractivity contribution in [2.45, 2.75) is 31.4 Å². The quantitative estimate of drug-likeness (QED) is 0.288. The summed E-state index contributed by atoms with van der Waals surface area (Å²) in [6.07, 6.45) is 2.40. The number of benzene rings is 3. The molecule has 216 valence electrons. The molecular formula is C32H32N4O6. The van der Waals surface area contributed by atoms with Crippen LogP contribution in [0.4, 0.5) is 5.95 Å². The Kier molecular flexibility index (Phi) is 7.43. The molecule has 10 nitrogen and oxygen atoms in total. The topological polar surface area (TPSA) is 106 Å². The van der Waals surface area contributed by atoms with Gasteiger partial charge in [0.25, 0.3) is 0 Å². The van der Waals surface area contributed by atoms with Crippen LogP contribution in [0.5, 0.6) is 28.7 Å². The Labute approximate surface area is 243 Å². The number of Topliss-reactive ketones (excluding diaryl/α,β-unsaturated/α-hetero) is 1. The molecule has 0 saturated carbocycles. The van der Waals surface area contributed by atoms with E-state index in [1.165, 1.54) is 6.33 Å². The lowest BCUT2D eigenvalue weighted by Crippen LogP contribution is -2.33. The van der Waals surface area contributed by atoms with Gasteiger partial charge in [0, 0.05) is 17.7 Å². The van der Waals surface area contributed by atoms with Crippen molar-refractivity contribution in [3.8, 4) is 28.7 Å². The molecule has 1 aromatic heterocycles. The summed E-state index contributed by atoms with van der Waals surface area (Å²) in [5.74, 6) is 3.29. The van der Waals surface area contributed by atoms with E-state index in [0.717, 1.165) is 22.4 Å². The minimum atomic E-state index is -0.475. The third kappa shape index (κ3) is 4.89. The number of ketones is 1. The monoisotopic (exact) mass is 568 g/mol. The standard InChI is InChI=1S/C32H32N4O6/c1-38-25-11-10-20(14-26(25)42-17-19-8-6-5-7-9-19)30-29-23(35-32-33-18-34-36(30)32)12-21(13-24(29)37)22-15-27(39-2)31(41-4)28(16-22)40-3/h5-11,14-16,18,21,30H,12-13,17H2,1-4H3,(H,33,34,35)/t21-,30+/m1/s1. The van der Waals surface area contributed by atoms with Gasteiger partial charge in [0.1, 0.15) is 19.0 Å². The number of aromatic nitrogens is 3. The number of ether oxygens (including phenoxy) is 5. The highest BCUT2D eigenvalue weighted by molar-refractivity contribution is 6.00. The fourth-order valence-electron chi connectivity index (χ4n) is 5.74. The van der Waals surface area contributed by atoms with E-state index >= 15 is 0 Å². The van der Waals surface area contributed by atoms with Crippen LogP contribution < -0.4 is 29.0 Å². The van der Waals surface area contributed by atoms with Crippen molar-refractivity contribution < 1.29 is 28.5 Å². The number of nitrogens with one attached hydrogen (secondary N) is 1. The van der Waals surface area contributed by atoms with Gasteiger partial charge in [-0.1, -0.05) is 36.4 Å². The highest BCUT2D eigenvalue weighted by atomic mass is 16.5. The van der Waals surface area contributed by atoms with Gasteiger partial charge < -0.3 is 29.0 Å². The van der Waals surface area contributed by atoms with Gasteiger partial charge in [-0.25, -0.2) is 4.68 Å². The SMILES string of the molecule is COc1ccc([C@H]2C3=C(C[C@@H](c4cc(OC)c(OC)c(OC)c4)CC3=O)Nc3ncnn32)cc1OCc1ccccc1. The highest BCUT2D eigenvalue weighted by Crippen LogP contribution is 2.47. The van der Waals surface area contributed by atoms with Gasteiger partial charge in [0.05, 0.1) is 28.4 Å². The molecule has 0 amide bonds. The van der Waals surface area contributed by atoms with Crippen LogP contribution in [0, 0.1) is 0 Å². The van der Waals surface area contributed by atoms with Gasteiger partial charge in [0.15, 0.2) is 28.8 Å². The third-order valence-corrected chi connectivity index (χ3v) is 7.76. The molecule has 2 atom stereocenters. The first-order valence-corrected chi connectivity index (χ1v) is 13.6. The second-order valence-corrected chi connectivity index (χ2v) is 10.1. The van der Waals surface area contributed by atoms with Crippen LogP contribution in [0.2, 0.25) is 0 Å². The summed E-state index contributed by atoms with van der Waals surface area (Å²) in [6, 6.07) is 19.0. The van der Waals surface area contributed by atoms with Crippen LogP contribution in [0.1, 0.15) is 41.5 Å². The number of carbonyl (C=O) groups is 1. The molecule has 0 spiro atoms. The molecule has 1 N–H and O–H groups in total. The van der Waals surface area contributed by atoms with Crippen molar-refractivity contribution in [1.29, 1.82) is 0 Å². The molecule has 2 aliphatic rings. The average molecular weight is 569 g/mol. The van der Waals surface area contributed by atoms with Crippen LogP contribution in [0.3, 0.4) is 0 Å². The molecule has 0 unspecified atom stereocenters. The number of anilines is 1. The Morgan fingerprint density at radius 2 is 1.55 bits per heavy atom. The first kappa shape index (κ1) is 27.2. The Bertz CT molecular complexity index is 1620. The Balaban J connectivity index is 1.37. The smallest absolute Gasteiger partial charge is 0.226 e. The van der Waals surface area contributed by atoms with Gasteiger partial charge in [-0.05, 0) is 53.3 Å². The molecule has 42 heavy (non-hydrogen) atoms. The maximum atomic E-state index is 14.0. The number of rotatable bonds is 9. The minimum absolute atomic E-state index is 0.0243. The lowest BCUT2D eigenvalue weighted by molar-refractivity contribution is -0.116. The van der Waals surface area contributed by atoms with E-state index in [0.29, 0.717) is 59.7 Å². The summed E-state index contributed by atoms with van der Waals surface area (Å²) in [4.78, 5) is 18.4. The molecule has 1 aliphatic carbocycles. The zero-order valence-electron chi connectivity index (χ0n) is 23.9. The zero-order chi connectivity index (χ0) is 29.2. The molecule has 1 aliphatic heterocycles. The summed E-state index contributed by atoms with van der Waals surface area (Å²) in [6.45, 7) is 0.380. The number of carbonyl (C=O) groups excluding carboxylic acids is 1. The fraction of sp³-hybridized carbons (Fsp3) is 0.281. The van der Waals surface area contributed by atoms with Gasteiger partial charge in [-0.3, -0.25) is 4.79 Å². The average Bonchev–Trinajstić information content (AvgIpc) is 3.50. The van der Waals surface area contributed by atoms with Crippen molar-refractivity contribution in [1.82, 2.24) is 14.8 Å². The van der Waals surface area contributed by atoms with Crippen LogP contribution in [0.15, 0.2) is 78.3 Å². The van der Waals surface area contributed by atoms with Crippen LogP contribution >= 0.6 is 0 Å². The van der Waals surface area contributed by atoms with Crippen molar-refractivity contribution >= 4 is 11.7 Å². The molecule has 0 radical (unpaired) electrons. The van der Waals surface area contributed by atoms with Crippen molar-refractivity contribution in [3.05, 3.63) is 95.0 Å². The summed E-state index contributed by atoms with van der Waals surface area (Å²) in [5, 5.41) is 7.86. The maximum absolute atomic E-state index is 14.0. The molecule has 0 bridgehead atoms. The van der Waals surface area contributed by atoms with E-state index in [2.05, 4.69) is 15.4 Å². The predicted octanol–water partition coefficient (Wildman–Crippen LogP) is 5.31. The molecule has 3 aromatic carbocycles. The lowest BCUT2D eigenvalue weighted by Gasteiger charge is -2.35.